The second kappa shape index (κ2) is 7.36. The summed E-state index contributed by atoms with van der Waals surface area (Å²) < 4.78 is 4.67. The molecule has 2 aliphatic carbocycles. The van der Waals surface area contributed by atoms with E-state index < -0.39 is 5.97 Å². The van der Waals surface area contributed by atoms with Gasteiger partial charge in [-0.25, -0.2) is 4.79 Å². The van der Waals surface area contributed by atoms with Crippen LogP contribution in [-0.2, 0) is 16.1 Å². The van der Waals surface area contributed by atoms with E-state index in [2.05, 4.69) is 19.9 Å². The summed E-state index contributed by atoms with van der Waals surface area (Å²) in [6, 6.07) is 2.57. The number of rotatable bonds is 9. The molecule has 0 atom stereocenters. The molecule has 0 bridgehead atoms. The molecule has 7 heteroatoms. The van der Waals surface area contributed by atoms with Gasteiger partial charge < -0.3 is 20.1 Å². The van der Waals surface area contributed by atoms with Gasteiger partial charge in [-0.2, -0.15) is 0 Å². The van der Waals surface area contributed by atoms with E-state index in [0.717, 1.165) is 24.9 Å². The summed E-state index contributed by atoms with van der Waals surface area (Å²) in [5, 5.41) is 12.5. The number of aromatic nitrogens is 1. The fraction of sp³-hybridized carbons (Fsp3) is 0.647. The summed E-state index contributed by atoms with van der Waals surface area (Å²) in [5.41, 5.74) is 1.47. The molecule has 2 saturated carbocycles. The van der Waals surface area contributed by atoms with Crippen molar-refractivity contribution in [3.8, 4) is 0 Å². The maximum Gasteiger partial charge on any atom is 0.354 e. The molecule has 0 amide bonds. The molecule has 24 heavy (non-hydrogen) atoms. The minimum absolute atomic E-state index is 0.147. The summed E-state index contributed by atoms with van der Waals surface area (Å²) in [7, 11) is 1.36. The number of hydrogen-bond donors (Lipinski definition) is 3. The lowest BCUT2D eigenvalue weighted by atomic mass is 9.85. The lowest BCUT2D eigenvalue weighted by molar-refractivity contribution is -0.139. The number of methoxy groups -OCH3 is 1. The van der Waals surface area contributed by atoms with Crippen LogP contribution in [-0.4, -0.2) is 59.2 Å². The maximum absolute atomic E-state index is 11.4. The standard InChI is InChI=1S/C17H25N3O4/c1-24-17(23)15-4-12(8-19-15)7-18-13-5-14(6-13)20(10-16(21)22)9-11-2-3-11/h4,8,11,13-14,18-19H,2-3,5-7,9-10H2,1H3,(H,21,22). The number of carbonyl (C=O) groups excluding carboxylic acids is 1. The highest BCUT2D eigenvalue weighted by Gasteiger charge is 2.36. The zero-order valence-electron chi connectivity index (χ0n) is 14.0. The Morgan fingerprint density at radius 2 is 2.17 bits per heavy atom. The second-order valence-electron chi connectivity index (χ2n) is 6.88. The predicted molar refractivity (Wildman–Crippen MR) is 87.7 cm³/mol. The van der Waals surface area contributed by atoms with E-state index in [4.69, 9.17) is 5.11 Å². The van der Waals surface area contributed by atoms with Crippen LogP contribution in [0.2, 0.25) is 0 Å². The Hall–Kier alpha value is -1.86. The number of H-pyrrole nitrogens is 1. The highest BCUT2D eigenvalue weighted by atomic mass is 16.5. The molecule has 0 saturated heterocycles. The number of carboxylic acid groups (broad SMARTS) is 1. The van der Waals surface area contributed by atoms with E-state index in [-0.39, 0.29) is 12.5 Å². The summed E-state index contributed by atoms with van der Waals surface area (Å²) in [6.45, 7) is 1.75. The van der Waals surface area contributed by atoms with Crippen molar-refractivity contribution in [1.29, 1.82) is 0 Å². The minimum atomic E-state index is -0.741. The smallest absolute Gasteiger partial charge is 0.354 e. The molecule has 1 aromatic heterocycles. The van der Waals surface area contributed by atoms with Crippen molar-refractivity contribution in [3.63, 3.8) is 0 Å². The number of carboxylic acids is 1. The molecule has 7 nitrogen and oxygen atoms in total. The van der Waals surface area contributed by atoms with E-state index in [1.165, 1.54) is 20.0 Å². The van der Waals surface area contributed by atoms with Crippen molar-refractivity contribution in [1.82, 2.24) is 15.2 Å². The van der Waals surface area contributed by atoms with Crippen LogP contribution < -0.4 is 5.32 Å². The fourth-order valence-electron chi connectivity index (χ4n) is 3.23. The summed E-state index contributed by atoms with van der Waals surface area (Å²) in [4.78, 5) is 27.5. The first-order valence-electron chi connectivity index (χ1n) is 8.50. The average molecular weight is 335 g/mol. The number of ether oxygens (including phenoxy) is 1. The molecule has 3 rings (SSSR count). The third-order valence-corrected chi connectivity index (χ3v) is 4.90. The van der Waals surface area contributed by atoms with Gasteiger partial charge in [-0.05, 0) is 43.2 Å². The predicted octanol–water partition coefficient (Wildman–Crippen LogP) is 1.22. The van der Waals surface area contributed by atoms with E-state index >= 15 is 0 Å². The molecule has 1 heterocycles. The first-order chi connectivity index (χ1) is 11.5. The van der Waals surface area contributed by atoms with E-state index in [1.807, 2.05) is 0 Å². The van der Waals surface area contributed by atoms with Gasteiger partial charge in [-0.1, -0.05) is 0 Å². The molecule has 0 aliphatic heterocycles. The summed E-state index contributed by atoms with van der Waals surface area (Å²) in [6.07, 6.45) is 6.24. The molecule has 2 aliphatic rings. The summed E-state index contributed by atoms with van der Waals surface area (Å²) >= 11 is 0. The van der Waals surface area contributed by atoms with Crippen molar-refractivity contribution in [2.45, 2.75) is 44.3 Å². The van der Waals surface area contributed by atoms with Gasteiger partial charge >= 0.3 is 11.9 Å². The zero-order valence-corrected chi connectivity index (χ0v) is 14.0. The minimum Gasteiger partial charge on any atom is -0.480 e. The van der Waals surface area contributed by atoms with Crippen LogP contribution in [0.5, 0.6) is 0 Å². The number of aromatic amines is 1. The Kier molecular flexibility index (Phi) is 5.20. The van der Waals surface area contributed by atoms with Gasteiger partial charge in [0.1, 0.15) is 5.69 Å². The van der Waals surface area contributed by atoms with Crippen LogP contribution in [0.1, 0.15) is 41.7 Å². The van der Waals surface area contributed by atoms with Gasteiger partial charge in [0.15, 0.2) is 0 Å². The number of hydrogen-bond acceptors (Lipinski definition) is 5. The maximum atomic E-state index is 11.4. The zero-order chi connectivity index (χ0) is 17.1. The topological polar surface area (TPSA) is 94.7 Å². The fourth-order valence-corrected chi connectivity index (χ4v) is 3.23. The van der Waals surface area contributed by atoms with Crippen LogP contribution in [0.4, 0.5) is 0 Å². The van der Waals surface area contributed by atoms with E-state index in [1.54, 1.807) is 12.3 Å². The van der Waals surface area contributed by atoms with Crippen LogP contribution in [0.3, 0.4) is 0 Å². The number of nitrogens with zero attached hydrogens (tertiary/aromatic N) is 1. The number of nitrogens with one attached hydrogen (secondary N) is 2. The Morgan fingerprint density at radius 1 is 1.42 bits per heavy atom. The van der Waals surface area contributed by atoms with Gasteiger partial charge in [0.2, 0.25) is 0 Å². The third kappa shape index (κ3) is 4.36. The number of aliphatic carboxylic acids is 1. The molecule has 0 aromatic carbocycles. The molecule has 132 valence electrons. The molecule has 3 N–H and O–H groups in total. The van der Waals surface area contributed by atoms with Crippen LogP contribution in [0.15, 0.2) is 12.3 Å². The van der Waals surface area contributed by atoms with Crippen molar-refractivity contribution < 1.29 is 19.4 Å². The molecule has 1 aromatic rings. The highest BCUT2D eigenvalue weighted by molar-refractivity contribution is 5.87. The van der Waals surface area contributed by atoms with Crippen molar-refractivity contribution in [2.24, 2.45) is 5.92 Å². The average Bonchev–Trinajstić information content (AvgIpc) is 3.19. The van der Waals surface area contributed by atoms with Crippen molar-refractivity contribution in [3.05, 3.63) is 23.5 Å². The lowest BCUT2D eigenvalue weighted by Crippen LogP contribution is -2.54. The summed E-state index contributed by atoms with van der Waals surface area (Å²) in [5.74, 6) is -0.406. The van der Waals surface area contributed by atoms with Crippen molar-refractivity contribution in [2.75, 3.05) is 20.2 Å². The van der Waals surface area contributed by atoms with Gasteiger partial charge in [-0.3, -0.25) is 9.69 Å². The largest absolute Gasteiger partial charge is 0.480 e. The Balaban J connectivity index is 1.41. The molecule has 0 radical (unpaired) electrons. The van der Waals surface area contributed by atoms with Crippen LogP contribution in [0.25, 0.3) is 0 Å². The Bertz CT molecular complexity index is 590. The Labute approximate surface area is 141 Å². The first kappa shape index (κ1) is 17.0. The number of carbonyl (C=O) groups is 2. The van der Waals surface area contributed by atoms with Gasteiger partial charge in [0, 0.05) is 31.4 Å². The monoisotopic (exact) mass is 335 g/mol. The lowest BCUT2D eigenvalue weighted by Gasteiger charge is -2.43. The first-order valence-corrected chi connectivity index (χ1v) is 8.50. The second-order valence-corrected chi connectivity index (χ2v) is 6.88. The van der Waals surface area contributed by atoms with E-state index in [9.17, 15) is 9.59 Å². The Morgan fingerprint density at radius 3 is 2.79 bits per heavy atom. The van der Waals surface area contributed by atoms with Crippen molar-refractivity contribution >= 4 is 11.9 Å². The molecular formula is C17H25N3O4. The SMILES string of the molecule is COC(=O)c1cc(CNC2CC(N(CC(=O)O)CC3CC3)C2)c[nH]1. The molecular weight excluding hydrogens is 310 g/mol. The molecule has 2 fully saturated rings. The van der Waals surface area contributed by atoms with Crippen LogP contribution in [0, 0.1) is 5.92 Å². The van der Waals surface area contributed by atoms with Crippen LogP contribution >= 0.6 is 0 Å². The number of esters is 1. The van der Waals surface area contributed by atoms with E-state index in [0.29, 0.717) is 30.2 Å². The van der Waals surface area contributed by atoms with Gasteiger partial charge in [0.25, 0.3) is 0 Å². The highest BCUT2D eigenvalue weighted by Crippen LogP contribution is 2.33. The quantitative estimate of drug-likeness (QED) is 0.587. The normalized spacial score (nSPS) is 23.1. The van der Waals surface area contributed by atoms with Gasteiger partial charge in [0.05, 0.1) is 13.7 Å². The molecule has 0 spiro atoms. The van der Waals surface area contributed by atoms with Gasteiger partial charge in [-0.15, -0.1) is 0 Å². The molecule has 0 unspecified atom stereocenters. The third-order valence-electron chi connectivity index (χ3n) is 4.90.